The zero-order valence-electron chi connectivity index (χ0n) is 16.5. The van der Waals surface area contributed by atoms with Gasteiger partial charge in [0.05, 0.1) is 11.0 Å². The Morgan fingerprint density at radius 3 is 2.03 bits per heavy atom. The lowest BCUT2D eigenvalue weighted by atomic mass is 9.96. The predicted octanol–water partition coefficient (Wildman–Crippen LogP) is 2.84. The van der Waals surface area contributed by atoms with Crippen molar-refractivity contribution in [2.45, 2.75) is 18.7 Å². The predicted molar refractivity (Wildman–Crippen MR) is 115 cm³/mol. The second kappa shape index (κ2) is 7.47. The first-order valence-electron chi connectivity index (χ1n) is 9.16. The second-order valence-corrected chi connectivity index (χ2v) is 8.71. The number of anilines is 1. The standard InChI is InChI=1S/C21H17FN4O4S/c1-11-7-14(8-12(2)19(11)13-3-5-23-6-4-13)26-31(29,30)18-10-17-16(9-15(18)22)24-20(27)21(28)25-17/h3-10,26H,1-2H3,(H,24,27)(H,25,28). The molecular formula is C21H17FN4O4S. The number of aromatic amines is 2. The Labute approximate surface area is 175 Å². The molecule has 0 spiro atoms. The van der Waals surface area contributed by atoms with Crippen LogP contribution >= 0.6 is 0 Å². The van der Waals surface area contributed by atoms with Crippen molar-refractivity contribution in [1.82, 2.24) is 15.0 Å². The number of sulfonamides is 1. The molecule has 158 valence electrons. The fourth-order valence-corrected chi connectivity index (χ4v) is 4.66. The van der Waals surface area contributed by atoms with E-state index < -0.39 is 31.9 Å². The van der Waals surface area contributed by atoms with Gasteiger partial charge in [0.15, 0.2) is 0 Å². The summed E-state index contributed by atoms with van der Waals surface area (Å²) in [6.45, 7) is 3.69. The molecule has 2 heterocycles. The highest BCUT2D eigenvalue weighted by molar-refractivity contribution is 7.92. The van der Waals surface area contributed by atoms with E-state index in [1.54, 1.807) is 24.5 Å². The third kappa shape index (κ3) is 3.84. The molecule has 4 rings (SSSR count). The Hall–Kier alpha value is -3.79. The maximum absolute atomic E-state index is 14.6. The van der Waals surface area contributed by atoms with E-state index in [4.69, 9.17) is 0 Å². The Bertz CT molecular complexity index is 1520. The number of halogens is 1. The molecule has 0 radical (unpaired) electrons. The molecular weight excluding hydrogens is 423 g/mol. The molecule has 3 N–H and O–H groups in total. The smallest absolute Gasteiger partial charge is 0.314 e. The minimum atomic E-state index is -4.32. The van der Waals surface area contributed by atoms with Crippen molar-refractivity contribution in [1.29, 1.82) is 0 Å². The number of H-pyrrole nitrogens is 2. The highest BCUT2D eigenvalue weighted by atomic mass is 32.2. The van der Waals surface area contributed by atoms with Crippen molar-refractivity contribution in [3.05, 3.63) is 86.4 Å². The summed E-state index contributed by atoms with van der Waals surface area (Å²) < 4.78 is 42.7. The highest BCUT2D eigenvalue weighted by Gasteiger charge is 2.22. The average Bonchev–Trinajstić information content (AvgIpc) is 2.68. The van der Waals surface area contributed by atoms with Crippen molar-refractivity contribution in [3.63, 3.8) is 0 Å². The zero-order valence-corrected chi connectivity index (χ0v) is 17.3. The zero-order chi connectivity index (χ0) is 22.3. The molecule has 0 amide bonds. The summed E-state index contributed by atoms with van der Waals surface area (Å²) >= 11 is 0. The Balaban J connectivity index is 1.76. The van der Waals surface area contributed by atoms with E-state index in [2.05, 4.69) is 19.7 Å². The first-order chi connectivity index (χ1) is 14.7. The van der Waals surface area contributed by atoms with Gasteiger partial charge >= 0.3 is 11.1 Å². The number of hydrogen-bond acceptors (Lipinski definition) is 5. The first kappa shape index (κ1) is 20.5. The van der Waals surface area contributed by atoms with Crippen LogP contribution in [-0.2, 0) is 10.0 Å². The van der Waals surface area contributed by atoms with Crippen LogP contribution in [0.25, 0.3) is 22.2 Å². The summed E-state index contributed by atoms with van der Waals surface area (Å²) in [6.07, 6.45) is 3.34. The van der Waals surface area contributed by atoms with Crippen molar-refractivity contribution >= 4 is 26.7 Å². The lowest BCUT2D eigenvalue weighted by molar-refractivity contribution is 0.571. The molecule has 2 aromatic carbocycles. The van der Waals surface area contributed by atoms with Crippen LogP contribution in [0.3, 0.4) is 0 Å². The molecule has 0 aliphatic carbocycles. The van der Waals surface area contributed by atoms with Gasteiger partial charge < -0.3 is 9.97 Å². The van der Waals surface area contributed by atoms with E-state index in [0.717, 1.165) is 34.4 Å². The summed E-state index contributed by atoms with van der Waals surface area (Å²) in [4.78, 5) is 30.7. The minimum absolute atomic E-state index is 0.00762. The number of rotatable bonds is 4. The normalized spacial score (nSPS) is 11.6. The SMILES string of the molecule is Cc1cc(NS(=O)(=O)c2cc3[nH]c(=O)c(=O)[nH]c3cc2F)cc(C)c1-c1ccncc1. The number of nitrogens with one attached hydrogen (secondary N) is 3. The fourth-order valence-electron chi connectivity index (χ4n) is 3.53. The van der Waals surface area contributed by atoms with Gasteiger partial charge in [-0.2, -0.15) is 0 Å². The third-order valence-electron chi connectivity index (χ3n) is 4.82. The third-order valence-corrected chi connectivity index (χ3v) is 6.21. The van der Waals surface area contributed by atoms with Gasteiger partial charge in [0, 0.05) is 24.1 Å². The van der Waals surface area contributed by atoms with Gasteiger partial charge in [-0.1, -0.05) is 0 Å². The first-order valence-corrected chi connectivity index (χ1v) is 10.6. The molecule has 0 aliphatic rings. The number of fused-ring (bicyclic) bond motifs is 1. The quantitative estimate of drug-likeness (QED) is 0.421. The van der Waals surface area contributed by atoms with Gasteiger partial charge in [-0.05, 0) is 66.4 Å². The molecule has 0 saturated carbocycles. The van der Waals surface area contributed by atoms with Gasteiger partial charge in [-0.25, -0.2) is 12.8 Å². The van der Waals surface area contributed by atoms with Gasteiger partial charge in [0.1, 0.15) is 10.7 Å². The van der Waals surface area contributed by atoms with Crippen LogP contribution in [0.4, 0.5) is 10.1 Å². The molecule has 4 aromatic rings. The maximum atomic E-state index is 14.6. The molecule has 0 fully saturated rings. The van der Waals surface area contributed by atoms with E-state index in [1.807, 2.05) is 26.0 Å². The van der Waals surface area contributed by atoms with Crippen molar-refractivity contribution in [3.8, 4) is 11.1 Å². The van der Waals surface area contributed by atoms with Gasteiger partial charge in [0.2, 0.25) is 0 Å². The largest absolute Gasteiger partial charge is 0.316 e. The Morgan fingerprint density at radius 2 is 1.45 bits per heavy atom. The summed E-state index contributed by atoms with van der Waals surface area (Å²) in [6, 6.07) is 8.83. The van der Waals surface area contributed by atoms with Crippen LogP contribution in [0.2, 0.25) is 0 Å². The number of pyridine rings is 1. The number of aromatic nitrogens is 3. The number of hydrogen-bond donors (Lipinski definition) is 3. The fraction of sp³-hybridized carbons (Fsp3) is 0.0952. The summed E-state index contributed by atoms with van der Waals surface area (Å²) in [5, 5.41) is 0. The molecule has 0 saturated heterocycles. The van der Waals surface area contributed by atoms with Crippen molar-refractivity contribution in [2.75, 3.05) is 4.72 Å². The second-order valence-electron chi connectivity index (χ2n) is 7.06. The highest BCUT2D eigenvalue weighted by Crippen LogP contribution is 2.31. The monoisotopic (exact) mass is 440 g/mol. The molecule has 0 unspecified atom stereocenters. The average molecular weight is 440 g/mol. The van der Waals surface area contributed by atoms with Gasteiger partial charge in [0.25, 0.3) is 10.0 Å². The molecule has 2 aromatic heterocycles. The van der Waals surface area contributed by atoms with E-state index in [1.165, 1.54) is 0 Å². The van der Waals surface area contributed by atoms with Crippen LogP contribution in [-0.4, -0.2) is 23.4 Å². The van der Waals surface area contributed by atoms with Gasteiger partial charge in [-0.15, -0.1) is 0 Å². The molecule has 10 heteroatoms. The summed E-state index contributed by atoms with van der Waals surface area (Å²) in [7, 11) is -4.32. The number of aryl methyl sites for hydroxylation is 2. The van der Waals surface area contributed by atoms with E-state index in [0.29, 0.717) is 0 Å². The molecule has 0 aliphatic heterocycles. The molecule has 31 heavy (non-hydrogen) atoms. The Morgan fingerprint density at radius 1 is 0.903 bits per heavy atom. The van der Waals surface area contributed by atoms with E-state index >= 15 is 0 Å². The molecule has 0 atom stereocenters. The van der Waals surface area contributed by atoms with Crippen LogP contribution in [0.1, 0.15) is 11.1 Å². The summed E-state index contributed by atoms with van der Waals surface area (Å²) in [5.41, 5.74) is 1.86. The van der Waals surface area contributed by atoms with Crippen LogP contribution in [0.5, 0.6) is 0 Å². The van der Waals surface area contributed by atoms with Crippen LogP contribution < -0.4 is 15.8 Å². The minimum Gasteiger partial charge on any atom is -0.316 e. The van der Waals surface area contributed by atoms with Crippen molar-refractivity contribution in [2.24, 2.45) is 0 Å². The maximum Gasteiger partial charge on any atom is 0.314 e. The van der Waals surface area contributed by atoms with Crippen LogP contribution in [0.15, 0.2) is 63.3 Å². The lowest BCUT2D eigenvalue weighted by Gasteiger charge is -2.15. The van der Waals surface area contributed by atoms with Crippen LogP contribution in [0, 0.1) is 19.7 Å². The molecule has 0 bridgehead atoms. The van der Waals surface area contributed by atoms with E-state index in [9.17, 15) is 22.4 Å². The topological polar surface area (TPSA) is 125 Å². The Kier molecular flexibility index (Phi) is 4.94. The van der Waals surface area contributed by atoms with Gasteiger partial charge in [-0.3, -0.25) is 19.3 Å². The summed E-state index contributed by atoms with van der Waals surface area (Å²) in [5.74, 6) is -1.07. The van der Waals surface area contributed by atoms with E-state index in [-0.39, 0.29) is 16.7 Å². The number of benzene rings is 2. The lowest BCUT2D eigenvalue weighted by Crippen LogP contribution is -2.29. The molecule has 8 nitrogen and oxygen atoms in total. The van der Waals surface area contributed by atoms with Crippen molar-refractivity contribution < 1.29 is 12.8 Å². The number of nitrogens with zero attached hydrogens (tertiary/aromatic N) is 1.